The third-order valence-electron chi connectivity index (χ3n) is 3.63. The summed E-state index contributed by atoms with van der Waals surface area (Å²) in [5.74, 6) is 0. The fourth-order valence-electron chi connectivity index (χ4n) is 2.25. The van der Waals surface area contributed by atoms with Crippen LogP contribution in [0.2, 0.25) is 0 Å². The van der Waals surface area contributed by atoms with Crippen molar-refractivity contribution in [3.8, 4) is 0 Å². The number of hydrogen-bond donors (Lipinski definition) is 1. The van der Waals surface area contributed by atoms with Gasteiger partial charge in [0, 0.05) is 29.7 Å². The molecule has 0 saturated heterocycles. The monoisotopic (exact) mass is 239 g/mol. The minimum atomic E-state index is 0.409. The molecule has 0 bridgehead atoms. The summed E-state index contributed by atoms with van der Waals surface area (Å²) in [5, 5.41) is 6.86. The van der Waals surface area contributed by atoms with Crippen LogP contribution in [0.5, 0.6) is 0 Å². The summed E-state index contributed by atoms with van der Waals surface area (Å²) in [4.78, 5) is 6.83. The van der Waals surface area contributed by atoms with Crippen molar-refractivity contribution in [2.24, 2.45) is 0 Å². The van der Waals surface area contributed by atoms with Crippen LogP contribution in [0.4, 0.5) is 0 Å². The average molecular weight is 239 g/mol. The van der Waals surface area contributed by atoms with Crippen molar-refractivity contribution < 1.29 is 0 Å². The van der Waals surface area contributed by atoms with Crippen molar-refractivity contribution >= 4 is 11.3 Å². The summed E-state index contributed by atoms with van der Waals surface area (Å²) in [6.07, 6.45) is 4.02. The lowest BCUT2D eigenvalue weighted by atomic mass is 9.75. The second-order valence-corrected chi connectivity index (χ2v) is 5.90. The number of hydrogen-bond acceptors (Lipinski definition) is 4. The van der Waals surface area contributed by atoms with E-state index in [1.165, 1.54) is 24.3 Å². The molecule has 1 fully saturated rings. The van der Waals surface area contributed by atoms with E-state index in [0.717, 1.165) is 18.8 Å². The number of nitrogens with one attached hydrogen (secondary N) is 1. The van der Waals surface area contributed by atoms with E-state index in [1.807, 2.05) is 6.92 Å². The first-order valence-corrected chi connectivity index (χ1v) is 6.79. The number of nitrogens with zero attached hydrogens (tertiary/aromatic N) is 2. The lowest BCUT2D eigenvalue weighted by Gasteiger charge is -2.47. The van der Waals surface area contributed by atoms with Gasteiger partial charge >= 0.3 is 0 Å². The standard InChI is InChI=1S/C12H21N3S/c1-10-8-16-11(14-10)7-13-9-12(15(2)3)5-4-6-12/h8,13H,4-7,9H2,1-3H3. The van der Waals surface area contributed by atoms with Gasteiger partial charge in [-0.25, -0.2) is 4.98 Å². The van der Waals surface area contributed by atoms with Crippen molar-refractivity contribution in [1.29, 1.82) is 0 Å². The summed E-state index contributed by atoms with van der Waals surface area (Å²) < 4.78 is 0. The minimum absolute atomic E-state index is 0.409. The van der Waals surface area contributed by atoms with Crippen LogP contribution in [0.25, 0.3) is 0 Å². The minimum Gasteiger partial charge on any atom is -0.309 e. The summed E-state index contributed by atoms with van der Waals surface area (Å²) in [6, 6.07) is 0. The van der Waals surface area contributed by atoms with Crippen LogP contribution in [0.3, 0.4) is 0 Å². The highest BCUT2D eigenvalue weighted by molar-refractivity contribution is 7.09. The highest BCUT2D eigenvalue weighted by Crippen LogP contribution is 2.35. The van der Waals surface area contributed by atoms with Crippen LogP contribution >= 0.6 is 11.3 Å². The zero-order chi connectivity index (χ0) is 11.6. The molecule has 1 aliphatic carbocycles. The van der Waals surface area contributed by atoms with Gasteiger partial charge in [-0.1, -0.05) is 0 Å². The molecule has 0 aliphatic heterocycles. The second kappa shape index (κ2) is 4.82. The lowest BCUT2D eigenvalue weighted by molar-refractivity contribution is 0.0598. The largest absolute Gasteiger partial charge is 0.309 e. The molecule has 3 nitrogen and oxygen atoms in total. The number of aryl methyl sites for hydroxylation is 1. The average Bonchev–Trinajstić information content (AvgIpc) is 2.55. The molecule has 90 valence electrons. The van der Waals surface area contributed by atoms with Crippen LogP contribution < -0.4 is 5.32 Å². The van der Waals surface area contributed by atoms with E-state index >= 15 is 0 Å². The fourth-order valence-corrected chi connectivity index (χ4v) is 2.99. The molecule has 4 heteroatoms. The van der Waals surface area contributed by atoms with Crippen LogP contribution in [-0.2, 0) is 6.54 Å². The number of thiazole rings is 1. The van der Waals surface area contributed by atoms with E-state index in [0.29, 0.717) is 5.54 Å². The van der Waals surface area contributed by atoms with E-state index in [9.17, 15) is 0 Å². The Hall–Kier alpha value is -0.450. The Morgan fingerprint density at radius 3 is 2.69 bits per heavy atom. The zero-order valence-electron chi connectivity index (χ0n) is 10.4. The van der Waals surface area contributed by atoms with Gasteiger partial charge in [-0.2, -0.15) is 0 Å². The summed E-state index contributed by atoms with van der Waals surface area (Å²) in [7, 11) is 4.38. The normalized spacial score (nSPS) is 18.8. The molecule has 0 amide bonds. The Labute approximate surface area is 102 Å². The maximum atomic E-state index is 4.46. The van der Waals surface area contributed by atoms with E-state index in [-0.39, 0.29) is 0 Å². The first kappa shape index (κ1) is 12.0. The smallest absolute Gasteiger partial charge is 0.107 e. The predicted molar refractivity (Wildman–Crippen MR) is 68.8 cm³/mol. The second-order valence-electron chi connectivity index (χ2n) is 4.96. The molecule has 0 unspecified atom stereocenters. The van der Waals surface area contributed by atoms with E-state index in [4.69, 9.17) is 0 Å². The molecule has 2 rings (SSSR count). The van der Waals surface area contributed by atoms with E-state index < -0.39 is 0 Å². The summed E-state index contributed by atoms with van der Waals surface area (Å²) in [6.45, 7) is 4.04. The number of likely N-dealkylation sites (N-methyl/N-ethyl adjacent to an activating group) is 1. The molecule has 0 atom stereocenters. The van der Waals surface area contributed by atoms with Gasteiger partial charge in [0.1, 0.15) is 5.01 Å². The van der Waals surface area contributed by atoms with Crippen LogP contribution in [0.15, 0.2) is 5.38 Å². The highest BCUT2D eigenvalue weighted by atomic mass is 32.1. The third kappa shape index (κ3) is 2.44. The molecule has 1 aliphatic rings. The third-order valence-corrected chi connectivity index (χ3v) is 4.60. The van der Waals surface area contributed by atoms with Gasteiger partial charge in [0.2, 0.25) is 0 Å². The van der Waals surface area contributed by atoms with Crippen molar-refractivity contribution in [3.05, 3.63) is 16.1 Å². The van der Waals surface area contributed by atoms with Crippen molar-refractivity contribution in [2.75, 3.05) is 20.6 Å². The van der Waals surface area contributed by atoms with Gasteiger partial charge in [-0.15, -0.1) is 11.3 Å². The van der Waals surface area contributed by atoms with Gasteiger partial charge in [-0.3, -0.25) is 0 Å². The maximum absolute atomic E-state index is 4.46. The van der Waals surface area contributed by atoms with Crippen LogP contribution in [0.1, 0.15) is 30.0 Å². The van der Waals surface area contributed by atoms with Gasteiger partial charge in [0.05, 0.1) is 0 Å². The predicted octanol–water partition coefficient (Wildman–Crippen LogP) is 2.03. The zero-order valence-corrected chi connectivity index (χ0v) is 11.2. The molecule has 0 radical (unpaired) electrons. The molecule has 16 heavy (non-hydrogen) atoms. The Morgan fingerprint density at radius 2 is 2.25 bits per heavy atom. The Kier molecular flexibility index (Phi) is 3.62. The van der Waals surface area contributed by atoms with Crippen LogP contribution in [0, 0.1) is 6.92 Å². The highest BCUT2D eigenvalue weighted by Gasteiger charge is 2.38. The Morgan fingerprint density at radius 1 is 1.50 bits per heavy atom. The van der Waals surface area contributed by atoms with Crippen molar-refractivity contribution in [2.45, 2.75) is 38.3 Å². The van der Waals surface area contributed by atoms with Gasteiger partial charge in [0.15, 0.2) is 0 Å². The molecular weight excluding hydrogens is 218 g/mol. The quantitative estimate of drug-likeness (QED) is 0.852. The molecule has 1 aromatic rings. The summed E-state index contributed by atoms with van der Waals surface area (Å²) in [5.41, 5.74) is 1.54. The maximum Gasteiger partial charge on any atom is 0.107 e. The summed E-state index contributed by atoms with van der Waals surface area (Å²) >= 11 is 1.75. The van der Waals surface area contributed by atoms with Gasteiger partial charge < -0.3 is 10.2 Å². The van der Waals surface area contributed by atoms with E-state index in [2.05, 4.69) is 34.7 Å². The molecule has 0 spiro atoms. The number of aromatic nitrogens is 1. The van der Waals surface area contributed by atoms with E-state index in [1.54, 1.807) is 11.3 Å². The topological polar surface area (TPSA) is 28.2 Å². The van der Waals surface area contributed by atoms with Gasteiger partial charge in [-0.05, 0) is 40.3 Å². The molecule has 1 saturated carbocycles. The van der Waals surface area contributed by atoms with Gasteiger partial charge in [0.25, 0.3) is 0 Å². The van der Waals surface area contributed by atoms with Crippen LogP contribution in [-0.4, -0.2) is 36.1 Å². The fraction of sp³-hybridized carbons (Fsp3) is 0.750. The SMILES string of the molecule is Cc1csc(CNCC2(N(C)C)CCC2)n1. The van der Waals surface area contributed by atoms with Crippen molar-refractivity contribution in [1.82, 2.24) is 15.2 Å². The lowest BCUT2D eigenvalue weighted by Crippen LogP contribution is -2.56. The molecular formula is C12H21N3S. The number of rotatable bonds is 5. The molecule has 1 N–H and O–H groups in total. The molecule has 0 aromatic carbocycles. The first-order valence-electron chi connectivity index (χ1n) is 5.92. The Bertz CT molecular complexity index is 342. The van der Waals surface area contributed by atoms with Crippen molar-refractivity contribution in [3.63, 3.8) is 0 Å². The molecule has 1 aromatic heterocycles. The Balaban J connectivity index is 1.79. The first-order chi connectivity index (χ1) is 7.62. The molecule has 1 heterocycles.